The van der Waals surface area contributed by atoms with E-state index in [2.05, 4.69) is 26.2 Å². The number of nitrogens with zero attached hydrogens (tertiary/aromatic N) is 1. The number of carbonyl (C=O) groups is 1. The summed E-state index contributed by atoms with van der Waals surface area (Å²) in [5.74, 6) is -0.0909. The predicted octanol–water partition coefficient (Wildman–Crippen LogP) is 3.34. The second-order valence-corrected chi connectivity index (χ2v) is 4.81. The Bertz CT molecular complexity index is 543. The molecule has 0 fully saturated rings. The summed E-state index contributed by atoms with van der Waals surface area (Å²) in [6.45, 7) is 1.95. The van der Waals surface area contributed by atoms with Gasteiger partial charge in [0.25, 0.3) is 5.91 Å². The van der Waals surface area contributed by atoms with Gasteiger partial charge in [-0.05, 0) is 52.7 Å². The van der Waals surface area contributed by atoms with Crippen molar-refractivity contribution >= 4 is 21.8 Å². The van der Waals surface area contributed by atoms with Crippen LogP contribution >= 0.6 is 15.9 Å². The fraction of sp³-hybridized carbons (Fsp3) is 0.143. The lowest BCUT2D eigenvalue weighted by atomic mass is 10.1. The molecule has 92 valence electrons. The van der Waals surface area contributed by atoms with Gasteiger partial charge in [-0.2, -0.15) is 0 Å². The van der Waals surface area contributed by atoms with Gasteiger partial charge in [-0.3, -0.25) is 9.78 Å². The van der Waals surface area contributed by atoms with Crippen molar-refractivity contribution in [2.45, 2.75) is 13.0 Å². The molecule has 2 rings (SSSR count). The molecule has 1 aromatic heterocycles. The van der Waals surface area contributed by atoms with Crippen molar-refractivity contribution in [3.63, 3.8) is 0 Å². The molecule has 18 heavy (non-hydrogen) atoms. The Labute approximate surface area is 114 Å². The van der Waals surface area contributed by atoms with Gasteiger partial charge >= 0.3 is 0 Å². The Morgan fingerprint density at radius 3 is 2.56 bits per heavy atom. The van der Waals surface area contributed by atoms with Crippen LogP contribution in [0.3, 0.4) is 0 Å². The average molecular weight is 305 g/mol. The SMILES string of the molecule is CC(NC(=O)c1ccccc1Br)c1ccncc1. The Morgan fingerprint density at radius 1 is 1.22 bits per heavy atom. The van der Waals surface area contributed by atoms with Crippen LogP contribution in [0.4, 0.5) is 0 Å². The van der Waals surface area contributed by atoms with Crippen LogP contribution in [0.2, 0.25) is 0 Å². The number of pyridine rings is 1. The number of amides is 1. The van der Waals surface area contributed by atoms with Crippen molar-refractivity contribution in [1.82, 2.24) is 10.3 Å². The first-order valence-electron chi connectivity index (χ1n) is 5.64. The monoisotopic (exact) mass is 304 g/mol. The largest absolute Gasteiger partial charge is 0.345 e. The molecule has 1 amide bonds. The third kappa shape index (κ3) is 2.96. The molecule has 0 bridgehead atoms. The molecule has 2 aromatic rings. The minimum absolute atomic E-state index is 0.0485. The van der Waals surface area contributed by atoms with Crippen LogP contribution in [-0.2, 0) is 0 Å². The molecule has 1 heterocycles. The Morgan fingerprint density at radius 2 is 1.89 bits per heavy atom. The quantitative estimate of drug-likeness (QED) is 0.945. The molecule has 1 aromatic carbocycles. The van der Waals surface area contributed by atoms with Crippen LogP contribution in [0.5, 0.6) is 0 Å². The molecule has 0 aliphatic carbocycles. The minimum atomic E-state index is -0.0909. The fourth-order valence-electron chi connectivity index (χ4n) is 1.66. The molecular weight excluding hydrogens is 292 g/mol. The van der Waals surface area contributed by atoms with Gasteiger partial charge in [0.05, 0.1) is 11.6 Å². The number of carbonyl (C=O) groups excluding carboxylic acids is 1. The van der Waals surface area contributed by atoms with Crippen molar-refractivity contribution in [1.29, 1.82) is 0 Å². The van der Waals surface area contributed by atoms with Gasteiger partial charge in [-0.25, -0.2) is 0 Å². The van der Waals surface area contributed by atoms with Gasteiger partial charge in [0.1, 0.15) is 0 Å². The van der Waals surface area contributed by atoms with E-state index < -0.39 is 0 Å². The summed E-state index contributed by atoms with van der Waals surface area (Å²) in [5, 5.41) is 2.96. The van der Waals surface area contributed by atoms with E-state index in [9.17, 15) is 4.79 Å². The summed E-state index contributed by atoms with van der Waals surface area (Å²) in [6, 6.07) is 11.1. The average Bonchev–Trinajstić information content (AvgIpc) is 2.40. The zero-order valence-electron chi connectivity index (χ0n) is 9.93. The molecule has 4 heteroatoms. The molecule has 0 aliphatic heterocycles. The number of nitrogens with one attached hydrogen (secondary N) is 1. The summed E-state index contributed by atoms with van der Waals surface area (Å²) in [5.41, 5.74) is 1.67. The first-order chi connectivity index (χ1) is 8.68. The number of aromatic nitrogens is 1. The molecule has 0 radical (unpaired) electrons. The standard InChI is InChI=1S/C14H13BrN2O/c1-10(11-6-8-16-9-7-11)17-14(18)12-4-2-3-5-13(12)15/h2-10H,1H3,(H,17,18). The van der Waals surface area contributed by atoms with Crippen LogP contribution < -0.4 is 5.32 Å². The van der Waals surface area contributed by atoms with E-state index in [1.54, 1.807) is 18.5 Å². The van der Waals surface area contributed by atoms with Crippen molar-refractivity contribution in [3.8, 4) is 0 Å². The first kappa shape index (κ1) is 12.8. The molecule has 0 saturated heterocycles. The van der Waals surface area contributed by atoms with Crippen LogP contribution in [-0.4, -0.2) is 10.9 Å². The van der Waals surface area contributed by atoms with Gasteiger partial charge in [0.15, 0.2) is 0 Å². The molecule has 0 aliphatic rings. The zero-order chi connectivity index (χ0) is 13.0. The number of rotatable bonds is 3. The van der Waals surface area contributed by atoms with Crippen molar-refractivity contribution in [2.24, 2.45) is 0 Å². The molecule has 1 atom stereocenters. The Hall–Kier alpha value is -1.68. The van der Waals surface area contributed by atoms with Gasteiger partial charge in [0, 0.05) is 16.9 Å². The second kappa shape index (κ2) is 5.78. The van der Waals surface area contributed by atoms with Crippen LogP contribution in [0.1, 0.15) is 28.9 Å². The van der Waals surface area contributed by atoms with Gasteiger partial charge in [-0.1, -0.05) is 12.1 Å². The topological polar surface area (TPSA) is 42.0 Å². The third-order valence-electron chi connectivity index (χ3n) is 2.67. The van der Waals surface area contributed by atoms with E-state index in [1.807, 2.05) is 37.3 Å². The van der Waals surface area contributed by atoms with Crippen LogP contribution in [0.15, 0.2) is 53.3 Å². The van der Waals surface area contributed by atoms with Crippen LogP contribution in [0, 0.1) is 0 Å². The number of halogens is 1. The zero-order valence-corrected chi connectivity index (χ0v) is 11.5. The lowest BCUT2D eigenvalue weighted by molar-refractivity contribution is 0.0939. The first-order valence-corrected chi connectivity index (χ1v) is 6.43. The van der Waals surface area contributed by atoms with Crippen molar-refractivity contribution in [3.05, 3.63) is 64.4 Å². The van der Waals surface area contributed by atoms with Gasteiger partial charge in [0.2, 0.25) is 0 Å². The normalized spacial score (nSPS) is 11.9. The second-order valence-electron chi connectivity index (χ2n) is 3.96. The van der Waals surface area contributed by atoms with E-state index >= 15 is 0 Å². The molecule has 0 saturated carbocycles. The summed E-state index contributed by atoms with van der Waals surface area (Å²) >= 11 is 3.37. The van der Waals surface area contributed by atoms with E-state index in [-0.39, 0.29) is 11.9 Å². The van der Waals surface area contributed by atoms with E-state index in [0.29, 0.717) is 5.56 Å². The summed E-state index contributed by atoms with van der Waals surface area (Å²) in [4.78, 5) is 16.1. The third-order valence-corrected chi connectivity index (χ3v) is 3.36. The number of benzene rings is 1. The fourth-order valence-corrected chi connectivity index (χ4v) is 2.12. The smallest absolute Gasteiger partial charge is 0.252 e. The molecule has 1 unspecified atom stereocenters. The van der Waals surface area contributed by atoms with E-state index in [4.69, 9.17) is 0 Å². The summed E-state index contributed by atoms with van der Waals surface area (Å²) in [7, 11) is 0. The Balaban J connectivity index is 2.11. The number of hydrogen-bond acceptors (Lipinski definition) is 2. The highest BCUT2D eigenvalue weighted by Crippen LogP contribution is 2.17. The van der Waals surface area contributed by atoms with Crippen molar-refractivity contribution in [2.75, 3.05) is 0 Å². The predicted molar refractivity (Wildman–Crippen MR) is 74.3 cm³/mol. The van der Waals surface area contributed by atoms with Gasteiger partial charge in [-0.15, -0.1) is 0 Å². The lowest BCUT2D eigenvalue weighted by Gasteiger charge is -2.14. The maximum Gasteiger partial charge on any atom is 0.252 e. The molecular formula is C14H13BrN2O. The highest BCUT2D eigenvalue weighted by Gasteiger charge is 2.13. The highest BCUT2D eigenvalue weighted by atomic mass is 79.9. The maximum absolute atomic E-state index is 12.1. The highest BCUT2D eigenvalue weighted by molar-refractivity contribution is 9.10. The summed E-state index contributed by atoms with van der Waals surface area (Å²) < 4.78 is 0.796. The molecule has 0 spiro atoms. The Kier molecular flexibility index (Phi) is 4.10. The molecule has 3 nitrogen and oxygen atoms in total. The lowest BCUT2D eigenvalue weighted by Crippen LogP contribution is -2.26. The molecule has 1 N–H and O–H groups in total. The maximum atomic E-state index is 12.1. The van der Waals surface area contributed by atoms with Gasteiger partial charge < -0.3 is 5.32 Å². The van der Waals surface area contributed by atoms with E-state index in [0.717, 1.165) is 10.0 Å². The minimum Gasteiger partial charge on any atom is -0.345 e. The van der Waals surface area contributed by atoms with Crippen molar-refractivity contribution < 1.29 is 4.79 Å². The number of hydrogen-bond donors (Lipinski definition) is 1. The van der Waals surface area contributed by atoms with Crippen LogP contribution in [0.25, 0.3) is 0 Å². The van der Waals surface area contributed by atoms with E-state index in [1.165, 1.54) is 0 Å². The summed E-state index contributed by atoms with van der Waals surface area (Å²) in [6.07, 6.45) is 3.44.